The second-order valence-corrected chi connectivity index (χ2v) is 3.93. The van der Waals surface area contributed by atoms with Crippen LogP contribution in [0.25, 0.3) is 0 Å². The molecule has 0 bridgehead atoms. The van der Waals surface area contributed by atoms with Gasteiger partial charge in [0.25, 0.3) is 5.91 Å². The normalized spacial score (nSPS) is 11.3. The van der Waals surface area contributed by atoms with Crippen LogP contribution in [0, 0.1) is 6.92 Å². The minimum absolute atomic E-state index is 0.167. The van der Waals surface area contributed by atoms with Gasteiger partial charge in [0.2, 0.25) is 0 Å². The summed E-state index contributed by atoms with van der Waals surface area (Å²) < 4.78 is 40.4. The summed E-state index contributed by atoms with van der Waals surface area (Å²) in [6, 6.07) is 2.57. The Morgan fingerprint density at radius 3 is 2.44 bits per heavy atom. The molecule has 0 heterocycles. The maximum atomic E-state index is 12.1. The summed E-state index contributed by atoms with van der Waals surface area (Å²) in [7, 11) is 0. The Morgan fingerprint density at radius 2 is 2.00 bits per heavy atom. The quantitative estimate of drug-likeness (QED) is 0.912. The van der Waals surface area contributed by atoms with Crippen LogP contribution in [0.4, 0.5) is 13.2 Å². The van der Waals surface area contributed by atoms with Crippen LogP contribution >= 0.6 is 15.9 Å². The molecule has 16 heavy (non-hydrogen) atoms. The van der Waals surface area contributed by atoms with E-state index in [1.54, 1.807) is 0 Å². The van der Waals surface area contributed by atoms with Crippen LogP contribution in [0.15, 0.2) is 16.6 Å². The molecule has 0 atom stereocenters. The third-order valence-corrected chi connectivity index (χ3v) is 2.18. The van der Waals surface area contributed by atoms with Crippen LogP contribution < -0.4 is 10.5 Å². The van der Waals surface area contributed by atoms with Gasteiger partial charge in [-0.25, -0.2) is 0 Å². The van der Waals surface area contributed by atoms with E-state index < -0.39 is 18.0 Å². The summed E-state index contributed by atoms with van der Waals surface area (Å²) in [4.78, 5) is 11.0. The topological polar surface area (TPSA) is 52.3 Å². The largest absolute Gasteiger partial charge is 0.573 e. The number of nitrogens with two attached hydrogens (primary N) is 1. The Kier molecular flexibility index (Phi) is 3.47. The fraction of sp³-hybridized carbons (Fsp3) is 0.222. The SMILES string of the molecule is Cc1cc(Br)cc(C(N)=O)c1OC(F)(F)F. The van der Waals surface area contributed by atoms with Crippen LogP contribution in [0.5, 0.6) is 5.75 Å². The van der Waals surface area contributed by atoms with E-state index in [1.165, 1.54) is 19.1 Å². The van der Waals surface area contributed by atoms with Gasteiger partial charge in [0, 0.05) is 4.47 Å². The van der Waals surface area contributed by atoms with Crippen molar-refractivity contribution in [2.45, 2.75) is 13.3 Å². The van der Waals surface area contributed by atoms with E-state index >= 15 is 0 Å². The van der Waals surface area contributed by atoms with Crippen molar-refractivity contribution < 1.29 is 22.7 Å². The first-order chi connectivity index (χ1) is 7.20. The first-order valence-corrected chi connectivity index (χ1v) is 4.85. The monoisotopic (exact) mass is 297 g/mol. The van der Waals surface area contributed by atoms with Gasteiger partial charge >= 0.3 is 6.36 Å². The van der Waals surface area contributed by atoms with E-state index in [0.29, 0.717) is 4.47 Å². The van der Waals surface area contributed by atoms with Gasteiger partial charge < -0.3 is 10.5 Å². The molecule has 2 N–H and O–H groups in total. The number of rotatable bonds is 2. The van der Waals surface area contributed by atoms with Crippen molar-refractivity contribution >= 4 is 21.8 Å². The highest BCUT2D eigenvalue weighted by Crippen LogP contribution is 2.32. The van der Waals surface area contributed by atoms with E-state index in [2.05, 4.69) is 20.7 Å². The number of amides is 1. The first kappa shape index (κ1) is 12.8. The predicted molar refractivity (Wildman–Crippen MR) is 54.1 cm³/mol. The number of carbonyl (C=O) groups is 1. The van der Waals surface area contributed by atoms with E-state index in [1.807, 2.05) is 0 Å². The second kappa shape index (κ2) is 4.32. The van der Waals surface area contributed by atoms with Crippen molar-refractivity contribution in [2.75, 3.05) is 0 Å². The number of alkyl halides is 3. The molecule has 0 aliphatic rings. The molecule has 3 nitrogen and oxygen atoms in total. The Hall–Kier alpha value is -1.24. The van der Waals surface area contributed by atoms with Gasteiger partial charge in [-0.3, -0.25) is 4.79 Å². The van der Waals surface area contributed by atoms with Gasteiger partial charge in [0.1, 0.15) is 5.75 Å². The molecule has 0 spiro atoms. The van der Waals surface area contributed by atoms with Crippen LogP contribution in [0.3, 0.4) is 0 Å². The summed E-state index contributed by atoms with van der Waals surface area (Å²) >= 11 is 3.05. The molecule has 0 aromatic heterocycles. The third kappa shape index (κ3) is 3.13. The molecule has 1 aromatic carbocycles. The smallest absolute Gasteiger partial charge is 0.405 e. The Morgan fingerprint density at radius 1 is 1.44 bits per heavy atom. The zero-order chi connectivity index (χ0) is 12.5. The maximum Gasteiger partial charge on any atom is 0.573 e. The van der Waals surface area contributed by atoms with Crippen molar-refractivity contribution in [3.8, 4) is 5.75 Å². The standard InChI is InChI=1S/C9H7BrF3NO2/c1-4-2-5(10)3-6(8(14)15)7(4)16-9(11,12)13/h2-3H,1H3,(H2,14,15). The van der Waals surface area contributed by atoms with Crippen LogP contribution in [-0.2, 0) is 0 Å². The number of carbonyl (C=O) groups excluding carboxylic acids is 1. The van der Waals surface area contributed by atoms with Crippen molar-refractivity contribution in [1.82, 2.24) is 0 Å². The zero-order valence-electron chi connectivity index (χ0n) is 8.06. The van der Waals surface area contributed by atoms with Gasteiger partial charge in [0.15, 0.2) is 0 Å². The average molecular weight is 298 g/mol. The van der Waals surface area contributed by atoms with Crippen molar-refractivity contribution in [3.05, 3.63) is 27.7 Å². The molecule has 0 unspecified atom stereocenters. The van der Waals surface area contributed by atoms with Gasteiger partial charge in [0.05, 0.1) is 5.56 Å². The Labute approximate surface area is 97.5 Å². The lowest BCUT2D eigenvalue weighted by Crippen LogP contribution is -2.21. The summed E-state index contributed by atoms with van der Waals surface area (Å²) in [5, 5.41) is 0. The lowest BCUT2D eigenvalue weighted by molar-refractivity contribution is -0.274. The molecule has 1 aromatic rings. The number of primary amides is 1. The van der Waals surface area contributed by atoms with Crippen molar-refractivity contribution in [1.29, 1.82) is 0 Å². The lowest BCUT2D eigenvalue weighted by Gasteiger charge is -2.14. The van der Waals surface area contributed by atoms with Gasteiger partial charge in [-0.15, -0.1) is 13.2 Å². The first-order valence-electron chi connectivity index (χ1n) is 4.06. The summed E-state index contributed by atoms with van der Waals surface area (Å²) in [5.74, 6) is -1.55. The van der Waals surface area contributed by atoms with Crippen LogP contribution in [0.1, 0.15) is 15.9 Å². The number of ether oxygens (including phenoxy) is 1. The second-order valence-electron chi connectivity index (χ2n) is 3.01. The van der Waals surface area contributed by atoms with E-state index in [9.17, 15) is 18.0 Å². The molecule has 0 saturated carbocycles. The van der Waals surface area contributed by atoms with Crippen molar-refractivity contribution in [3.63, 3.8) is 0 Å². The molecule has 0 saturated heterocycles. The predicted octanol–water partition coefficient (Wildman–Crippen LogP) is 2.76. The number of hydrogen-bond donors (Lipinski definition) is 1. The maximum absolute atomic E-state index is 12.1. The fourth-order valence-electron chi connectivity index (χ4n) is 1.16. The molecule has 0 radical (unpaired) electrons. The highest BCUT2D eigenvalue weighted by Gasteiger charge is 2.33. The molecule has 1 rings (SSSR count). The molecule has 0 aliphatic heterocycles. The van der Waals surface area contributed by atoms with Gasteiger partial charge in [-0.05, 0) is 24.6 Å². The summed E-state index contributed by atoms with van der Waals surface area (Å²) in [6.07, 6.45) is -4.86. The van der Waals surface area contributed by atoms with Crippen LogP contribution in [-0.4, -0.2) is 12.3 Å². The van der Waals surface area contributed by atoms with E-state index in [4.69, 9.17) is 5.73 Å². The minimum Gasteiger partial charge on any atom is -0.405 e. The number of hydrogen-bond acceptors (Lipinski definition) is 2. The van der Waals surface area contributed by atoms with E-state index in [-0.39, 0.29) is 11.1 Å². The molecule has 0 aliphatic carbocycles. The molecule has 88 valence electrons. The number of benzene rings is 1. The molecular formula is C9H7BrF3NO2. The van der Waals surface area contributed by atoms with Gasteiger partial charge in [-0.2, -0.15) is 0 Å². The molecule has 7 heteroatoms. The Balaban J connectivity index is 3.30. The Bertz CT molecular complexity index is 431. The summed E-state index contributed by atoms with van der Waals surface area (Å²) in [6.45, 7) is 1.39. The fourth-order valence-corrected chi connectivity index (χ4v) is 1.74. The summed E-state index contributed by atoms with van der Waals surface area (Å²) in [5.41, 5.74) is 4.82. The third-order valence-electron chi connectivity index (χ3n) is 1.72. The highest BCUT2D eigenvalue weighted by atomic mass is 79.9. The molecule has 0 fully saturated rings. The van der Waals surface area contributed by atoms with E-state index in [0.717, 1.165) is 0 Å². The lowest BCUT2D eigenvalue weighted by atomic mass is 10.1. The minimum atomic E-state index is -4.86. The van der Waals surface area contributed by atoms with Crippen molar-refractivity contribution in [2.24, 2.45) is 5.73 Å². The highest BCUT2D eigenvalue weighted by molar-refractivity contribution is 9.10. The average Bonchev–Trinajstić information content (AvgIpc) is 2.07. The number of halogens is 4. The molecular weight excluding hydrogens is 291 g/mol. The van der Waals surface area contributed by atoms with Gasteiger partial charge in [-0.1, -0.05) is 15.9 Å². The molecule has 1 amide bonds. The number of aryl methyl sites for hydroxylation is 1. The zero-order valence-corrected chi connectivity index (χ0v) is 9.65. The van der Waals surface area contributed by atoms with Crippen LogP contribution in [0.2, 0.25) is 0 Å².